The van der Waals surface area contributed by atoms with E-state index < -0.39 is 10.2 Å². The molecule has 0 atom stereocenters. The molecule has 1 aliphatic carbocycles. The molecule has 6 heteroatoms. The number of nitriles is 1. The molecule has 0 aromatic rings. The average molecular weight is 189 g/mol. The summed E-state index contributed by atoms with van der Waals surface area (Å²) in [5.41, 5.74) is 0. The summed E-state index contributed by atoms with van der Waals surface area (Å²) in [5, 5.41) is 8.27. The summed E-state index contributed by atoms with van der Waals surface area (Å²) in [5.74, 6) is 0. The van der Waals surface area contributed by atoms with E-state index in [1.54, 1.807) is 6.07 Å². The van der Waals surface area contributed by atoms with Gasteiger partial charge in [-0.25, -0.2) is 0 Å². The van der Waals surface area contributed by atoms with E-state index in [-0.39, 0.29) is 12.6 Å². The molecule has 0 spiro atoms. The molecule has 1 N–H and O–H groups in total. The predicted molar refractivity (Wildman–Crippen MR) is 43.3 cm³/mol. The van der Waals surface area contributed by atoms with Gasteiger partial charge in [-0.15, -0.1) is 0 Å². The van der Waals surface area contributed by atoms with Crippen LogP contribution in [0.15, 0.2) is 0 Å². The first kappa shape index (κ1) is 9.45. The van der Waals surface area contributed by atoms with E-state index in [2.05, 4.69) is 4.72 Å². The van der Waals surface area contributed by atoms with Crippen LogP contribution < -0.4 is 4.72 Å². The summed E-state index contributed by atoms with van der Waals surface area (Å²) < 4.78 is 25.9. The highest BCUT2D eigenvalue weighted by molar-refractivity contribution is 7.87. The Balaban J connectivity index is 2.51. The molecule has 0 amide bonds. The molecule has 5 nitrogen and oxygen atoms in total. The van der Waals surface area contributed by atoms with Gasteiger partial charge in [-0.2, -0.15) is 22.7 Å². The largest absolute Gasteiger partial charge is 0.280 e. The Kier molecular flexibility index (Phi) is 2.67. The molecular formula is C6H11N3O2S. The standard InChI is InChI=1S/C6H11N3O2S/c1-9(5-4-7)12(10,11)8-6-2-3-6/h6,8H,2-3,5H2,1H3. The van der Waals surface area contributed by atoms with Gasteiger partial charge in [0, 0.05) is 13.1 Å². The zero-order chi connectivity index (χ0) is 9.19. The third-order valence-corrected chi connectivity index (χ3v) is 3.18. The van der Waals surface area contributed by atoms with E-state index in [4.69, 9.17) is 5.26 Å². The summed E-state index contributed by atoms with van der Waals surface area (Å²) in [6, 6.07) is 1.87. The first-order valence-corrected chi connectivity index (χ1v) is 5.11. The number of hydrogen-bond acceptors (Lipinski definition) is 3. The molecule has 0 aromatic carbocycles. The maximum absolute atomic E-state index is 11.2. The van der Waals surface area contributed by atoms with Crippen LogP contribution in [0, 0.1) is 11.3 Å². The zero-order valence-electron chi connectivity index (χ0n) is 6.82. The van der Waals surface area contributed by atoms with E-state index in [9.17, 15) is 8.42 Å². The Hall–Kier alpha value is -0.640. The van der Waals surface area contributed by atoms with Crippen molar-refractivity contribution in [2.75, 3.05) is 13.6 Å². The minimum absolute atomic E-state index is 0.0937. The fraction of sp³-hybridized carbons (Fsp3) is 0.833. The Labute approximate surface area is 72.2 Å². The lowest BCUT2D eigenvalue weighted by Crippen LogP contribution is -2.39. The first-order chi connectivity index (χ1) is 5.56. The molecule has 0 unspecified atom stereocenters. The number of nitrogens with zero attached hydrogens (tertiary/aromatic N) is 2. The summed E-state index contributed by atoms with van der Waals surface area (Å²) in [4.78, 5) is 0. The quantitative estimate of drug-likeness (QED) is 0.602. The second kappa shape index (κ2) is 3.39. The molecule has 68 valence electrons. The highest BCUT2D eigenvalue weighted by Gasteiger charge is 2.28. The van der Waals surface area contributed by atoms with E-state index in [1.165, 1.54) is 7.05 Å². The van der Waals surface area contributed by atoms with Gasteiger partial charge in [0.05, 0.1) is 6.07 Å². The van der Waals surface area contributed by atoms with Gasteiger partial charge in [-0.3, -0.25) is 0 Å². The van der Waals surface area contributed by atoms with Crippen LogP contribution in [0.3, 0.4) is 0 Å². The molecule has 1 fully saturated rings. The van der Waals surface area contributed by atoms with Gasteiger partial charge in [-0.1, -0.05) is 0 Å². The topological polar surface area (TPSA) is 73.2 Å². The summed E-state index contributed by atoms with van der Waals surface area (Å²) in [6.07, 6.45) is 1.80. The fourth-order valence-corrected chi connectivity index (χ4v) is 1.75. The molecule has 0 heterocycles. The lowest BCUT2D eigenvalue weighted by atomic mass is 10.7. The average Bonchev–Trinajstić information content (AvgIpc) is 2.71. The van der Waals surface area contributed by atoms with Crippen molar-refractivity contribution >= 4 is 10.2 Å². The first-order valence-electron chi connectivity index (χ1n) is 3.67. The van der Waals surface area contributed by atoms with Gasteiger partial charge in [0.15, 0.2) is 0 Å². The minimum atomic E-state index is -3.40. The monoisotopic (exact) mass is 189 g/mol. The van der Waals surface area contributed by atoms with Crippen LogP contribution in [0.1, 0.15) is 12.8 Å². The van der Waals surface area contributed by atoms with Gasteiger partial charge in [0.25, 0.3) is 10.2 Å². The Morgan fingerprint density at radius 3 is 2.67 bits per heavy atom. The Morgan fingerprint density at radius 2 is 2.25 bits per heavy atom. The minimum Gasteiger partial charge on any atom is -0.199 e. The van der Waals surface area contributed by atoms with Crippen LogP contribution in [0.2, 0.25) is 0 Å². The zero-order valence-corrected chi connectivity index (χ0v) is 7.63. The third kappa shape index (κ3) is 2.44. The highest BCUT2D eigenvalue weighted by Crippen LogP contribution is 2.20. The molecular weight excluding hydrogens is 178 g/mol. The van der Waals surface area contributed by atoms with Crippen LogP contribution in [-0.4, -0.2) is 32.4 Å². The highest BCUT2D eigenvalue weighted by atomic mass is 32.2. The van der Waals surface area contributed by atoms with E-state index in [1.807, 2.05) is 0 Å². The predicted octanol–water partition coefficient (Wildman–Crippen LogP) is -0.561. The van der Waals surface area contributed by atoms with Crippen molar-refractivity contribution in [3.05, 3.63) is 0 Å². The van der Waals surface area contributed by atoms with E-state index >= 15 is 0 Å². The molecule has 1 rings (SSSR count). The normalized spacial score (nSPS) is 17.8. The fourth-order valence-electron chi connectivity index (χ4n) is 0.686. The van der Waals surface area contributed by atoms with Crippen molar-refractivity contribution in [2.24, 2.45) is 0 Å². The van der Waals surface area contributed by atoms with Crippen molar-refractivity contribution < 1.29 is 8.42 Å². The van der Waals surface area contributed by atoms with Gasteiger partial charge in [0.1, 0.15) is 6.54 Å². The van der Waals surface area contributed by atoms with Crippen molar-refractivity contribution in [2.45, 2.75) is 18.9 Å². The molecule has 12 heavy (non-hydrogen) atoms. The summed E-state index contributed by atoms with van der Waals surface area (Å²) in [6.45, 7) is -0.109. The van der Waals surface area contributed by atoms with Crippen molar-refractivity contribution in [1.82, 2.24) is 9.03 Å². The molecule has 1 saturated carbocycles. The summed E-state index contributed by atoms with van der Waals surface area (Å²) >= 11 is 0. The number of nitrogens with one attached hydrogen (secondary N) is 1. The molecule has 0 aliphatic heterocycles. The SMILES string of the molecule is CN(CC#N)S(=O)(=O)NC1CC1. The van der Waals surface area contributed by atoms with Gasteiger partial charge < -0.3 is 0 Å². The lowest BCUT2D eigenvalue weighted by molar-refractivity contribution is 0.487. The van der Waals surface area contributed by atoms with Crippen LogP contribution in [0.4, 0.5) is 0 Å². The molecule has 0 saturated heterocycles. The van der Waals surface area contributed by atoms with Gasteiger partial charge in [-0.05, 0) is 12.8 Å². The van der Waals surface area contributed by atoms with E-state index in [0.717, 1.165) is 17.1 Å². The smallest absolute Gasteiger partial charge is 0.199 e. The lowest BCUT2D eigenvalue weighted by Gasteiger charge is -2.13. The molecule has 1 aliphatic rings. The van der Waals surface area contributed by atoms with Crippen molar-refractivity contribution in [1.29, 1.82) is 5.26 Å². The molecule has 0 aromatic heterocycles. The Morgan fingerprint density at radius 1 is 1.67 bits per heavy atom. The van der Waals surface area contributed by atoms with Crippen LogP contribution in [-0.2, 0) is 10.2 Å². The Bertz CT molecular complexity index is 288. The number of rotatable bonds is 4. The second-order valence-corrected chi connectivity index (χ2v) is 4.62. The van der Waals surface area contributed by atoms with Crippen LogP contribution >= 0.6 is 0 Å². The van der Waals surface area contributed by atoms with Crippen molar-refractivity contribution in [3.8, 4) is 6.07 Å². The van der Waals surface area contributed by atoms with Gasteiger partial charge in [0.2, 0.25) is 0 Å². The second-order valence-electron chi connectivity index (χ2n) is 2.81. The third-order valence-electron chi connectivity index (χ3n) is 1.60. The molecule has 0 radical (unpaired) electrons. The summed E-state index contributed by atoms with van der Waals surface area (Å²) in [7, 11) is -2.02. The van der Waals surface area contributed by atoms with Crippen molar-refractivity contribution in [3.63, 3.8) is 0 Å². The van der Waals surface area contributed by atoms with E-state index in [0.29, 0.717) is 0 Å². The molecule has 0 bridgehead atoms. The van der Waals surface area contributed by atoms with Crippen LogP contribution in [0.25, 0.3) is 0 Å². The maximum atomic E-state index is 11.2. The van der Waals surface area contributed by atoms with Gasteiger partial charge >= 0.3 is 0 Å². The number of hydrogen-bond donors (Lipinski definition) is 1. The maximum Gasteiger partial charge on any atom is 0.280 e. The van der Waals surface area contributed by atoms with Crippen LogP contribution in [0.5, 0.6) is 0 Å².